The average Bonchev–Trinajstić information content (AvgIpc) is 2.86. The predicted molar refractivity (Wildman–Crippen MR) is 134 cm³/mol. The molecule has 4 heteroatoms. The van der Waals surface area contributed by atoms with Crippen LogP contribution in [0.2, 0.25) is 0 Å². The summed E-state index contributed by atoms with van der Waals surface area (Å²) in [4.78, 5) is 0. The van der Waals surface area contributed by atoms with Crippen molar-refractivity contribution in [2.45, 2.75) is 51.4 Å². The topological polar surface area (TPSA) is 9.23 Å². The molecule has 0 fully saturated rings. The van der Waals surface area contributed by atoms with Crippen LogP contribution in [0.25, 0.3) is 22.3 Å². The van der Waals surface area contributed by atoms with Crippen LogP contribution in [0.3, 0.4) is 0 Å². The van der Waals surface area contributed by atoms with E-state index < -0.39 is 12.3 Å². The van der Waals surface area contributed by atoms with Gasteiger partial charge in [0.25, 0.3) is 0 Å². The maximum absolute atomic E-state index is 15.0. The van der Waals surface area contributed by atoms with Gasteiger partial charge in [-0.1, -0.05) is 60.7 Å². The third-order valence-corrected chi connectivity index (χ3v) is 6.85. The van der Waals surface area contributed by atoms with Crippen molar-refractivity contribution in [1.82, 2.24) is 0 Å². The normalized spacial score (nSPS) is 22.9. The molecular formula is C30H31F3O. The Kier molecular flexibility index (Phi) is 7.77. The summed E-state index contributed by atoms with van der Waals surface area (Å²) < 4.78 is 48.7. The molecule has 1 nitrogen and oxygen atoms in total. The number of hydrogen-bond donors (Lipinski definition) is 0. The van der Waals surface area contributed by atoms with E-state index in [2.05, 4.69) is 25.2 Å². The first-order chi connectivity index (χ1) is 16.5. The maximum atomic E-state index is 15.0. The molecule has 2 aromatic rings. The zero-order valence-corrected chi connectivity index (χ0v) is 19.7. The number of halogens is 3. The molecule has 0 heterocycles. The summed E-state index contributed by atoms with van der Waals surface area (Å²) in [5.74, 6) is 0.403. The van der Waals surface area contributed by atoms with Gasteiger partial charge in [0.05, 0.1) is 7.11 Å². The van der Waals surface area contributed by atoms with Crippen molar-refractivity contribution < 1.29 is 17.9 Å². The molecule has 3 unspecified atom stereocenters. The molecule has 0 saturated heterocycles. The number of benzene rings is 2. The van der Waals surface area contributed by atoms with Crippen molar-refractivity contribution in [3.63, 3.8) is 0 Å². The average molecular weight is 465 g/mol. The van der Waals surface area contributed by atoms with Crippen molar-refractivity contribution in [2.24, 2.45) is 5.92 Å². The van der Waals surface area contributed by atoms with Crippen LogP contribution >= 0.6 is 0 Å². The largest absolute Gasteiger partial charge is 0.498 e. The number of ether oxygens (including phenoxy) is 1. The minimum Gasteiger partial charge on any atom is -0.498 e. The SMILES string of the molecule is C/C=C/CCC1CC=C(c2ccc(-c3ccc(C4=CC=C(OC)C(F)C4F)cc3)c(F)c2)CC1. The number of methoxy groups -OCH3 is 1. The first kappa shape index (κ1) is 24.1. The lowest BCUT2D eigenvalue weighted by Gasteiger charge is -2.22. The van der Waals surface area contributed by atoms with Crippen LogP contribution in [0.15, 0.2) is 78.6 Å². The highest BCUT2D eigenvalue weighted by molar-refractivity contribution is 5.76. The van der Waals surface area contributed by atoms with E-state index in [-0.39, 0.29) is 17.1 Å². The second-order valence-corrected chi connectivity index (χ2v) is 8.99. The molecular weight excluding hydrogens is 433 g/mol. The summed E-state index contributed by atoms with van der Waals surface area (Å²) in [5, 5.41) is 0. The van der Waals surface area contributed by atoms with E-state index in [0.29, 0.717) is 22.6 Å². The minimum atomic E-state index is -1.83. The highest BCUT2D eigenvalue weighted by Gasteiger charge is 2.32. The lowest BCUT2D eigenvalue weighted by Crippen LogP contribution is -2.24. The number of allylic oxidation sites excluding steroid dienone is 8. The van der Waals surface area contributed by atoms with Gasteiger partial charge in [0.15, 0.2) is 12.3 Å². The Balaban J connectivity index is 1.48. The summed E-state index contributed by atoms with van der Waals surface area (Å²) in [7, 11) is 1.33. The van der Waals surface area contributed by atoms with Crippen LogP contribution in [-0.2, 0) is 4.74 Å². The van der Waals surface area contributed by atoms with Crippen molar-refractivity contribution in [2.75, 3.05) is 7.11 Å². The summed E-state index contributed by atoms with van der Waals surface area (Å²) in [5.41, 5.74) is 4.17. The standard InChI is InChI=1S/C30H31F3O/c1-3-4-5-6-20-7-9-21(10-8-20)24-15-16-25(27(31)19-24)22-11-13-23(14-12-22)26-17-18-28(34-2)30(33)29(26)32/h3-4,9,11-20,29-30H,5-8,10H2,1-2H3/b4-3+. The van der Waals surface area contributed by atoms with Gasteiger partial charge in [-0.2, -0.15) is 0 Å². The molecule has 0 aliphatic heterocycles. The number of rotatable bonds is 7. The monoisotopic (exact) mass is 464 g/mol. The van der Waals surface area contributed by atoms with Crippen LogP contribution in [-0.4, -0.2) is 19.5 Å². The molecule has 178 valence electrons. The van der Waals surface area contributed by atoms with Crippen molar-refractivity contribution in [1.29, 1.82) is 0 Å². The molecule has 34 heavy (non-hydrogen) atoms. The molecule has 4 rings (SSSR count). The molecule has 0 amide bonds. The Bertz CT molecular complexity index is 1120. The van der Waals surface area contributed by atoms with Crippen LogP contribution in [0.4, 0.5) is 13.2 Å². The smallest absolute Gasteiger partial charge is 0.192 e. The Morgan fingerprint density at radius 1 is 0.971 bits per heavy atom. The second-order valence-electron chi connectivity index (χ2n) is 8.99. The molecule has 2 aliphatic carbocycles. The van der Waals surface area contributed by atoms with Gasteiger partial charge in [0.1, 0.15) is 11.6 Å². The molecule has 0 radical (unpaired) electrons. The molecule has 2 aromatic carbocycles. The zero-order chi connectivity index (χ0) is 24.1. The van der Waals surface area contributed by atoms with E-state index in [0.717, 1.165) is 31.2 Å². The maximum Gasteiger partial charge on any atom is 0.192 e. The summed E-state index contributed by atoms with van der Waals surface area (Å²) in [6, 6.07) is 12.3. The van der Waals surface area contributed by atoms with Gasteiger partial charge in [-0.15, -0.1) is 0 Å². The van der Waals surface area contributed by atoms with Crippen LogP contribution in [0.1, 0.15) is 50.2 Å². The van der Waals surface area contributed by atoms with Gasteiger partial charge in [-0.05, 0) is 84.9 Å². The minimum absolute atomic E-state index is 0.0210. The fraction of sp³-hybridized carbons (Fsp3) is 0.333. The summed E-state index contributed by atoms with van der Waals surface area (Å²) in [6.45, 7) is 2.05. The van der Waals surface area contributed by atoms with E-state index >= 15 is 4.39 Å². The lowest BCUT2D eigenvalue weighted by atomic mass is 9.84. The third-order valence-electron chi connectivity index (χ3n) is 6.85. The Morgan fingerprint density at radius 3 is 2.35 bits per heavy atom. The summed E-state index contributed by atoms with van der Waals surface area (Å²) in [6.07, 6.45) is 11.4. The Morgan fingerprint density at radius 2 is 1.71 bits per heavy atom. The van der Waals surface area contributed by atoms with E-state index in [1.54, 1.807) is 30.3 Å². The molecule has 3 atom stereocenters. The predicted octanol–water partition coefficient (Wildman–Crippen LogP) is 8.64. The van der Waals surface area contributed by atoms with Gasteiger partial charge in [-0.25, -0.2) is 13.2 Å². The molecule has 0 bridgehead atoms. The van der Waals surface area contributed by atoms with Crippen LogP contribution < -0.4 is 0 Å². The first-order valence-electron chi connectivity index (χ1n) is 12.0. The number of hydrogen-bond acceptors (Lipinski definition) is 1. The van der Waals surface area contributed by atoms with E-state index in [4.69, 9.17) is 4.74 Å². The third kappa shape index (κ3) is 5.22. The molecule has 0 spiro atoms. The lowest BCUT2D eigenvalue weighted by molar-refractivity contribution is 0.152. The van der Waals surface area contributed by atoms with Gasteiger partial charge in [-0.3, -0.25) is 0 Å². The number of alkyl halides is 2. The van der Waals surface area contributed by atoms with E-state index in [1.165, 1.54) is 31.3 Å². The fourth-order valence-corrected chi connectivity index (χ4v) is 4.80. The van der Waals surface area contributed by atoms with Crippen molar-refractivity contribution in [3.8, 4) is 11.1 Å². The Labute approximate surface area is 200 Å². The van der Waals surface area contributed by atoms with Gasteiger partial charge >= 0.3 is 0 Å². The van der Waals surface area contributed by atoms with E-state index in [9.17, 15) is 8.78 Å². The fourth-order valence-electron chi connectivity index (χ4n) is 4.80. The molecule has 0 saturated carbocycles. The first-order valence-corrected chi connectivity index (χ1v) is 12.0. The highest BCUT2D eigenvalue weighted by Crippen LogP contribution is 2.36. The zero-order valence-electron chi connectivity index (χ0n) is 19.7. The van der Waals surface area contributed by atoms with E-state index in [1.807, 2.05) is 12.1 Å². The van der Waals surface area contributed by atoms with Crippen molar-refractivity contribution >= 4 is 11.1 Å². The van der Waals surface area contributed by atoms with Crippen molar-refractivity contribution in [3.05, 3.63) is 95.5 Å². The summed E-state index contributed by atoms with van der Waals surface area (Å²) >= 11 is 0. The Hall–Kier alpha value is -3.01. The molecule has 0 N–H and O–H groups in total. The van der Waals surface area contributed by atoms with Gasteiger partial charge < -0.3 is 4.74 Å². The molecule has 2 aliphatic rings. The second kappa shape index (κ2) is 10.9. The van der Waals surface area contributed by atoms with Gasteiger partial charge in [0, 0.05) is 5.56 Å². The molecule has 0 aromatic heterocycles. The van der Waals surface area contributed by atoms with Gasteiger partial charge in [0.2, 0.25) is 0 Å². The van der Waals surface area contributed by atoms with Crippen LogP contribution in [0, 0.1) is 11.7 Å². The quantitative estimate of drug-likeness (QED) is 0.373. The highest BCUT2D eigenvalue weighted by atomic mass is 19.2. The van der Waals surface area contributed by atoms with Crippen LogP contribution in [0.5, 0.6) is 0 Å².